The van der Waals surface area contributed by atoms with Crippen molar-refractivity contribution >= 4 is 11.8 Å². The van der Waals surface area contributed by atoms with Gasteiger partial charge in [0, 0.05) is 5.56 Å². The molecule has 0 aliphatic carbocycles. The van der Waals surface area contributed by atoms with Crippen LogP contribution < -0.4 is 4.74 Å². The van der Waals surface area contributed by atoms with E-state index in [0.29, 0.717) is 28.6 Å². The van der Waals surface area contributed by atoms with Crippen molar-refractivity contribution in [3.8, 4) is 28.7 Å². The van der Waals surface area contributed by atoms with E-state index in [-0.39, 0.29) is 0 Å². The Labute approximate surface area is 152 Å². The average molecular weight is 370 g/mol. The Hall–Kier alpha value is -3.07. The summed E-state index contributed by atoms with van der Waals surface area (Å²) in [5.74, 6) is 3.26. The largest absolute Gasteiger partial charge is 0.497 e. The van der Waals surface area contributed by atoms with Gasteiger partial charge in [-0.05, 0) is 37.3 Å². The summed E-state index contributed by atoms with van der Waals surface area (Å²) in [5, 5.41) is 16.6. The van der Waals surface area contributed by atoms with Crippen LogP contribution in [0.25, 0.3) is 22.9 Å². The first-order valence-corrected chi connectivity index (χ1v) is 8.69. The first-order valence-electron chi connectivity index (χ1n) is 7.70. The fraction of sp³-hybridized carbons (Fsp3) is 0.176. The summed E-state index contributed by atoms with van der Waals surface area (Å²) in [5.41, 5.74) is 1.61. The number of hydrogen-bond acceptors (Lipinski definition) is 9. The number of nitrogens with zero attached hydrogens (tertiary/aromatic N) is 4. The van der Waals surface area contributed by atoms with Crippen molar-refractivity contribution in [3.63, 3.8) is 0 Å². The second kappa shape index (κ2) is 7.04. The summed E-state index contributed by atoms with van der Waals surface area (Å²) in [4.78, 5) is 0. The van der Waals surface area contributed by atoms with Crippen molar-refractivity contribution in [3.05, 3.63) is 48.2 Å². The first kappa shape index (κ1) is 16.4. The second-order valence-corrected chi connectivity index (χ2v) is 6.21. The third-order valence-corrected chi connectivity index (χ3v) is 4.42. The molecule has 0 aliphatic rings. The Morgan fingerprint density at radius 3 is 2.50 bits per heavy atom. The fourth-order valence-electron chi connectivity index (χ4n) is 2.27. The highest BCUT2D eigenvalue weighted by atomic mass is 32.2. The van der Waals surface area contributed by atoms with Crippen LogP contribution in [0.2, 0.25) is 0 Å². The van der Waals surface area contributed by atoms with Gasteiger partial charge in [-0.1, -0.05) is 11.8 Å². The van der Waals surface area contributed by atoms with Crippen LogP contribution in [0, 0.1) is 6.92 Å². The molecule has 0 radical (unpaired) electrons. The Morgan fingerprint density at radius 1 is 0.962 bits per heavy atom. The molecule has 132 valence electrons. The first-order chi connectivity index (χ1) is 12.7. The van der Waals surface area contributed by atoms with E-state index < -0.39 is 0 Å². The molecule has 0 unspecified atom stereocenters. The minimum Gasteiger partial charge on any atom is -0.497 e. The molecule has 0 aliphatic heterocycles. The van der Waals surface area contributed by atoms with E-state index in [1.807, 2.05) is 31.2 Å². The van der Waals surface area contributed by atoms with Crippen LogP contribution in [-0.2, 0) is 5.75 Å². The molecule has 9 heteroatoms. The molecule has 0 saturated heterocycles. The van der Waals surface area contributed by atoms with Crippen LogP contribution in [0.3, 0.4) is 0 Å². The van der Waals surface area contributed by atoms with Gasteiger partial charge in [0.05, 0.1) is 24.7 Å². The van der Waals surface area contributed by atoms with Gasteiger partial charge in [0.1, 0.15) is 11.5 Å². The molecule has 3 aromatic heterocycles. The van der Waals surface area contributed by atoms with E-state index in [1.165, 1.54) is 11.8 Å². The molecule has 0 saturated carbocycles. The minimum absolute atomic E-state index is 0.420. The van der Waals surface area contributed by atoms with E-state index in [1.54, 1.807) is 19.4 Å². The van der Waals surface area contributed by atoms with Crippen molar-refractivity contribution in [1.29, 1.82) is 0 Å². The van der Waals surface area contributed by atoms with E-state index in [2.05, 4.69) is 20.4 Å². The molecule has 0 amide bonds. The molecular weight excluding hydrogens is 356 g/mol. The lowest BCUT2D eigenvalue weighted by atomic mass is 10.2. The number of hydrogen-bond donors (Lipinski definition) is 0. The number of benzene rings is 1. The summed E-state index contributed by atoms with van der Waals surface area (Å²) in [7, 11) is 1.62. The van der Waals surface area contributed by atoms with Crippen molar-refractivity contribution in [2.24, 2.45) is 0 Å². The molecule has 0 N–H and O–H groups in total. The van der Waals surface area contributed by atoms with Crippen LogP contribution in [0.5, 0.6) is 5.75 Å². The monoisotopic (exact) mass is 370 g/mol. The Bertz CT molecular complexity index is 1010. The van der Waals surface area contributed by atoms with Gasteiger partial charge in [-0.25, -0.2) is 0 Å². The third-order valence-electron chi connectivity index (χ3n) is 3.62. The van der Waals surface area contributed by atoms with Crippen LogP contribution in [0.4, 0.5) is 0 Å². The van der Waals surface area contributed by atoms with Gasteiger partial charge in [0.2, 0.25) is 11.8 Å². The van der Waals surface area contributed by atoms with Crippen LogP contribution in [-0.4, -0.2) is 27.5 Å². The summed E-state index contributed by atoms with van der Waals surface area (Å²) >= 11 is 1.32. The van der Waals surface area contributed by atoms with Gasteiger partial charge >= 0.3 is 0 Å². The van der Waals surface area contributed by atoms with Crippen molar-refractivity contribution < 1.29 is 18.0 Å². The lowest BCUT2D eigenvalue weighted by Crippen LogP contribution is -1.82. The Kier molecular flexibility index (Phi) is 4.44. The SMILES string of the molecule is COc1ccc(-c2nnc(CSc3nnc(-c4ccoc4C)o3)o2)cc1. The van der Waals surface area contributed by atoms with Crippen molar-refractivity contribution in [1.82, 2.24) is 20.4 Å². The summed E-state index contributed by atoms with van der Waals surface area (Å²) in [6.07, 6.45) is 1.58. The van der Waals surface area contributed by atoms with Crippen LogP contribution >= 0.6 is 11.8 Å². The van der Waals surface area contributed by atoms with E-state index in [4.69, 9.17) is 18.0 Å². The highest BCUT2D eigenvalue weighted by Gasteiger charge is 2.15. The molecule has 26 heavy (non-hydrogen) atoms. The highest BCUT2D eigenvalue weighted by Crippen LogP contribution is 2.28. The molecule has 4 rings (SSSR count). The third kappa shape index (κ3) is 3.33. The molecule has 0 bridgehead atoms. The van der Waals surface area contributed by atoms with Crippen LogP contribution in [0.1, 0.15) is 11.7 Å². The molecule has 8 nitrogen and oxygen atoms in total. The number of aryl methyl sites for hydroxylation is 1. The number of aromatic nitrogens is 4. The minimum atomic E-state index is 0.420. The Balaban J connectivity index is 1.42. The highest BCUT2D eigenvalue weighted by molar-refractivity contribution is 7.98. The number of thioether (sulfide) groups is 1. The molecule has 1 aromatic carbocycles. The number of furan rings is 1. The maximum Gasteiger partial charge on any atom is 0.277 e. The van der Waals surface area contributed by atoms with Crippen molar-refractivity contribution in [2.45, 2.75) is 17.9 Å². The smallest absolute Gasteiger partial charge is 0.277 e. The summed E-state index contributed by atoms with van der Waals surface area (Å²) in [6.45, 7) is 1.84. The van der Waals surface area contributed by atoms with Gasteiger partial charge in [-0.3, -0.25) is 0 Å². The lowest BCUT2D eigenvalue weighted by molar-refractivity contribution is 0.415. The maximum atomic E-state index is 5.67. The van der Waals surface area contributed by atoms with E-state index in [9.17, 15) is 0 Å². The fourth-order valence-corrected chi connectivity index (χ4v) is 2.87. The molecule has 4 aromatic rings. The standard InChI is InChI=1S/C17H14N4O4S/c1-10-13(7-8-23-10)16-20-21-17(25-16)26-9-14-18-19-15(24-14)11-3-5-12(22-2)6-4-11/h3-8H,9H2,1-2H3. The second-order valence-electron chi connectivity index (χ2n) is 5.28. The number of rotatable bonds is 6. The zero-order valence-electron chi connectivity index (χ0n) is 14.0. The molecule has 0 atom stereocenters. The quantitative estimate of drug-likeness (QED) is 0.466. The molecule has 3 heterocycles. The average Bonchev–Trinajstić information content (AvgIpc) is 3.40. The van der Waals surface area contributed by atoms with E-state index >= 15 is 0 Å². The van der Waals surface area contributed by atoms with Gasteiger partial charge in [-0.15, -0.1) is 20.4 Å². The maximum absolute atomic E-state index is 5.67. The lowest BCUT2D eigenvalue weighted by Gasteiger charge is -1.99. The topological polar surface area (TPSA) is 100 Å². The van der Waals surface area contributed by atoms with E-state index in [0.717, 1.165) is 22.6 Å². The molecular formula is C17H14N4O4S. The van der Waals surface area contributed by atoms with Gasteiger partial charge < -0.3 is 18.0 Å². The predicted octanol–water partition coefficient (Wildman–Crippen LogP) is 3.99. The van der Waals surface area contributed by atoms with Crippen molar-refractivity contribution in [2.75, 3.05) is 7.11 Å². The molecule has 0 spiro atoms. The Morgan fingerprint density at radius 2 is 1.77 bits per heavy atom. The summed E-state index contributed by atoms with van der Waals surface area (Å²) in [6, 6.07) is 9.19. The molecule has 0 fully saturated rings. The van der Waals surface area contributed by atoms with Gasteiger partial charge in [-0.2, -0.15) is 0 Å². The van der Waals surface area contributed by atoms with Crippen LogP contribution in [0.15, 0.2) is 55.1 Å². The number of ether oxygens (including phenoxy) is 1. The zero-order valence-corrected chi connectivity index (χ0v) is 14.8. The zero-order chi connectivity index (χ0) is 17.9. The normalized spacial score (nSPS) is 11.0. The van der Waals surface area contributed by atoms with Gasteiger partial charge in [0.15, 0.2) is 0 Å². The summed E-state index contributed by atoms with van der Waals surface area (Å²) < 4.78 is 21.7. The predicted molar refractivity (Wildman–Crippen MR) is 92.6 cm³/mol. The van der Waals surface area contributed by atoms with Gasteiger partial charge in [0.25, 0.3) is 11.1 Å². The number of methoxy groups -OCH3 is 1.